The maximum absolute atomic E-state index is 12.5. The molecule has 34 heavy (non-hydrogen) atoms. The number of anilines is 1. The van der Waals surface area contributed by atoms with Crippen LogP contribution in [0.1, 0.15) is 37.2 Å². The summed E-state index contributed by atoms with van der Waals surface area (Å²) in [7, 11) is 0. The summed E-state index contributed by atoms with van der Waals surface area (Å²) in [6.45, 7) is 5.52. The van der Waals surface area contributed by atoms with Crippen molar-refractivity contribution in [3.8, 4) is 22.3 Å². The molecular weight excluding hydrogens is 426 g/mol. The number of amides is 2. The maximum atomic E-state index is 12.5. The Balaban J connectivity index is 1.44. The van der Waals surface area contributed by atoms with Crippen molar-refractivity contribution >= 4 is 28.5 Å². The minimum Gasteiger partial charge on any atom is -0.351 e. The van der Waals surface area contributed by atoms with Gasteiger partial charge in [0, 0.05) is 60.3 Å². The molecule has 1 aliphatic rings. The van der Waals surface area contributed by atoms with Crippen LogP contribution in [0.4, 0.5) is 5.69 Å². The van der Waals surface area contributed by atoms with E-state index in [2.05, 4.69) is 40.2 Å². The molecule has 7 nitrogen and oxygen atoms in total. The van der Waals surface area contributed by atoms with Gasteiger partial charge in [-0.05, 0) is 53.8 Å². The Labute approximate surface area is 198 Å². The molecular formula is C27H27N5O2. The minimum atomic E-state index is -0.138. The van der Waals surface area contributed by atoms with Gasteiger partial charge in [0.15, 0.2) is 0 Å². The second-order valence-corrected chi connectivity index (χ2v) is 9.07. The zero-order valence-corrected chi connectivity index (χ0v) is 19.3. The van der Waals surface area contributed by atoms with E-state index in [-0.39, 0.29) is 11.8 Å². The van der Waals surface area contributed by atoms with Crippen LogP contribution < -0.4 is 10.2 Å². The first-order valence-electron chi connectivity index (χ1n) is 11.6. The summed E-state index contributed by atoms with van der Waals surface area (Å²) < 4.78 is 0. The third-order valence-corrected chi connectivity index (χ3v) is 6.08. The van der Waals surface area contributed by atoms with Crippen molar-refractivity contribution in [3.63, 3.8) is 0 Å². The van der Waals surface area contributed by atoms with Crippen LogP contribution in [0.15, 0.2) is 61.1 Å². The predicted molar refractivity (Wildman–Crippen MR) is 134 cm³/mol. The van der Waals surface area contributed by atoms with E-state index in [4.69, 9.17) is 0 Å². The van der Waals surface area contributed by atoms with E-state index in [9.17, 15) is 9.59 Å². The number of carbonyl (C=O) groups is 2. The van der Waals surface area contributed by atoms with Crippen LogP contribution in [0.3, 0.4) is 0 Å². The molecule has 0 atom stereocenters. The van der Waals surface area contributed by atoms with E-state index in [0.717, 1.165) is 46.3 Å². The summed E-state index contributed by atoms with van der Waals surface area (Å²) >= 11 is 0. The highest BCUT2D eigenvalue weighted by molar-refractivity contribution is 6.02. The molecule has 1 saturated heterocycles. The highest BCUT2D eigenvalue weighted by atomic mass is 16.2. The van der Waals surface area contributed by atoms with Crippen molar-refractivity contribution in [3.05, 3.63) is 66.7 Å². The normalized spacial score (nSPS) is 13.7. The summed E-state index contributed by atoms with van der Waals surface area (Å²) in [5.41, 5.74) is 5.99. The molecule has 4 aromatic rings. The molecule has 0 aliphatic carbocycles. The fraction of sp³-hybridized carbons (Fsp3) is 0.259. The minimum absolute atomic E-state index is 0.138. The SMILES string of the molecule is CC(C)CNC(=O)c1cc2c(-c3cncc(-c4ccc(N5CCCC5=O)cc4)c3)ccnc2[nH]1. The van der Waals surface area contributed by atoms with Gasteiger partial charge in [0.05, 0.1) is 0 Å². The van der Waals surface area contributed by atoms with Crippen LogP contribution in [-0.2, 0) is 4.79 Å². The van der Waals surface area contributed by atoms with E-state index in [1.807, 2.05) is 53.7 Å². The monoisotopic (exact) mass is 453 g/mol. The van der Waals surface area contributed by atoms with Crippen molar-refractivity contribution in [2.24, 2.45) is 5.92 Å². The van der Waals surface area contributed by atoms with E-state index in [1.54, 1.807) is 6.20 Å². The lowest BCUT2D eigenvalue weighted by molar-refractivity contribution is -0.117. The van der Waals surface area contributed by atoms with Crippen LogP contribution in [0, 0.1) is 5.92 Å². The molecule has 0 unspecified atom stereocenters. The molecule has 2 N–H and O–H groups in total. The van der Waals surface area contributed by atoms with Gasteiger partial charge in [0.25, 0.3) is 5.91 Å². The molecule has 0 saturated carbocycles. The molecule has 5 rings (SSSR count). The fourth-order valence-electron chi connectivity index (χ4n) is 4.29. The first kappa shape index (κ1) is 21.8. The quantitative estimate of drug-likeness (QED) is 0.439. The zero-order valence-electron chi connectivity index (χ0n) is 19.3. The number of hydrogen-bond acceptors (Lipinski definition) is 4. The van der Waals surface area contributed by atoms with Crippen LogP contribution >= 0.6 is 0 Å². The second kappa shape index (κ2) is 9.09. The Morgan fingerprint density at radius 2 is 1.88 bits per heavy atom. The maximum Gasteiger partial charge on any atom is 0.267 e. The Morgan fingerprint density at radius 3 is 2.62 bits per heavy atom. The number of fused-ring (bicyclic) bond motifs is 1. The number of pyridine rings is 2. The van der Waals surface area contributed by atoms with Crippen LogP contribution in [0.25, 0.3) is 33.3 Å². The number of hydrogen-bond donors (Lipinski definition) is 2. The number of nitrogens with zero attached hydrogens (tertiary/aromatic N) is 3. The van der Waals surface area contributed by atoms with Gasteiger partial charge in [-0.15, -0.1) is 0 Å². The highest BCUT2D eigenvalue weighted by Gasteiger charge is 2.21. The van der Waals surface area contributed by atoms with Crippen LogP contribution in [0.5, 0.6) is 0 Å². The van der Waals surface area contributed by atoms with Crippen LogP contribution in [-0.4, -0.2) is 39.9 Å². The number of carbonyl (C=O) groups excluding carboxylic acids is 2. The summed E-state index contributed by atoms with van der Waals surface area (Å²) in [5, 5.41) is 3.82. The zero-order chi connectivity index (χ0) is 23.7. The molecule has 2 amide bonds. The van der Waals surface area contributed by atoms with Gasteiger partial charge in [-0.25, -0.2) is 4.98 Å². The number of rotatable bonds is 6. The Bertz CT molecular complexity index is 1360. The molecule has 0 radical (unpaired) electrons. The molecule has 7 heteroatoms. The van der Waals surface area contributed by atoms with Gasteiger partial charge in [-0.3, -0.25) is 14.6 Å². The molecule has 1 fully saturated rings. The van der Waals surface area contributed by atoms with Crippen molar-refractivity contribution < 1.29 is 9.59 Å². The number of aromatic amines is 1. The lowest BCUT2D eigenvalue weighted by Crippen LogP contribution is -2.27. The average Bonchev–Trinajstić information content (AvgIpc) is 3.49. The Kier molecular flexibility index (Phi) is 5.84. The number of aromatic nitrogens is 3. The van der Waals surface area contributed by atoms with E-state index in [1.165, 1.54) is 0 Å². The summed E-state index contributed by atoms with van der Waals surface area (Å²) in [5.74, 6) is 0.420. The van der Waals surface area contributed by atoms with Crippen molar-refractivity contribution in [1.82, 2.24) is 20.3 Å². The van der Waals surface area contributed by atoms with Gasteiger partial charge in [0.2, 0.25) is 5.91 Å². The van der Waals surface area contributed by atoms with E-state index >= 15 is 0 Å². The number of H-pyrrole nitrogens is 1. The highest BCUT2D eigenvalue weighted by Crippen LogP contribution is 2.31. The van der Waals surface area contributed by atoms with E-state index < -0.39 is 0 Å². The largest absolute Gasteiger partial charge is 0.351 e. The van der Waals surface area contributed by atoms with Gasteiger partial charge in [-0.1, -0.05) is 26.0 Å². The van der Waals surface area contributed by atoms with Gasteiger partial charge in [0.1, 0.15) is 11.3 Å². The predicted octanol–water partition coefficient (Wildman–Crippen LogP) is 4.80. The van der Waals surface area contributed by atoms with E-state index in [0.29, 0.717) is 30.2 Å². The lowest BCUT2D eigenvalue weighted by atomic mass is 10.0. The molecule has 0 bridgehead atoms. The summed E-state index contributed by atoms with van der Waals surface area (Å²) in [4.78, 5) is 38.4. The third-order valence-electron chi connectivity index (χ3n) is 6.08. The first-order chi connectivity index (χ1) is 16.5. The van der Waals surface area contributed by atoms with Crippen molar-refractivity contribution in [1.29, 1.82) is 0 Å². The smallest absolute Gasteiger partial charge is 0.267 e. The molecule has 0 spiro atoms. The molecule has 4 heterocycles. The summed E-state index contributed by atoms with van der Waals surface area (Å²) in [6, 6.07) is 13.9. The topological polar surface area (TPSA) is 91.0 Å². The summed E-state index contributed by atoms with van der Waals surface area (Å²) in [6.07, 6.45) is 6.92. The average molecular weight is 454 g/mol. The van der Waals surface area contributed by atoms with Crippen molar-refractivity contribution in [2.75, 3.05) is 18.0 Å². The third kappa shape index (κ3) is 4.29. The number of nitrogens with one attached hydrogen (secondary N) is 2. The van der Waals surface area contributed by atoms with Crippen LogP contribution in [0.2, 0.25) is 0 Å². The lowest BCUT2D eigenvalue weighted by Gasteiger charge is -2.16. The number of benzene rings is 1. The Morgan fingerprint density at radius 1 is 1.09 bits per heavy atom. The molecule has 1 aliphatic heterocycles. The van der Waals surface area contributed by atoms with Gasteiger partial charge >= 0.3 is 0 Å². The standard InChI is InChI=1S/C27H27N5O2/c1-17(2)14-30-27(34)24-13-23-22(9-10-29-26(23)31-24)20-12-19(15-28-16-20)18-5-7-21(8-6-18)32-11-3-4-25(32)33/h5-10,12-13,15-17H,3-4,11,14H2,1-2H3,(H,29,31)(H,30,34). The Hall–Kier alpha value is -4.00. The van der Waals surface area contributed by atoms with Gasteiger partial charge in [-0.2, -0.15) is 0 Å². The molecule has 172 valence electrons. The molecule has 3 aromatic heterocycles. The second-order valence-electron chi connectivity index (χ2n) is 9.07. The molecule has 1 aromatic carbocycles. The van der Waals surface area contributed by atoms with Gasteiger partial charge < -0.3 is 15.2 Å². The fourth-order valence-corrected chi connectivity index (χ4v) is 4.29. The van der Waals surface area contributed by atoms with Crippen molar-refractivity contribution in [2.45, 2.75) is 26.7 Å². The first-order valence-corrected chi connectivity index (χ1v) is 11.6.